The Morgan fingerprint density at radius 1 is 1.58 bits per heavy atom. The first-order valence-corrected chi connectivity index (χ1v) is 6.01. The topological polar surface area (TPSA) is 98.9 Å². The molecule has 0 aliphatic rings. The van der Waals surface area contributed by atoms with Crippen molar-refractivity contribution in [3.05, 3.63) is 32.3 Å². The van der Waals surface area contributed by atoms with Gasteiger partial charge in [-0.2, -0.15) is 0 Å². The first-order valence-electron chi connectivity index (χ1n) is 5.22. The Kier molecular flexibility index (Phi) is 5.25. The van der Waals surface area contributed by atoms with Gasteiger partial charge in [0.1, 0.15) is 0 Å². The van der Waals surface area contributed by atoms with Gasteiger partial charge in [-0.3, -0.25) is 10.1 Å². The molecular weight excluding hydrogens is 322 g/mol. The first kappa shape index (κ1) is 15.4. The Morgan fingerprint density at radius 3 is 2.68 bits per heavy atom. The van der Waals surface area contributed by atoms with Crippen LogP contribution < -0.4 is 4.74 Å². The minimum Gasteiger partial charge on any atom is -0.475 e. The summed E-state index contributed by atoms with van der Waals surface area (Å²) in [6, 6.07) is 2.72. The van der Waals surface area contributed by atoms with Crippen LogP contribution in [0.2, 0.25) is 0 Å². The molecule has 1 aromatic carbocycles. The molecule has 0 radical (unpaired) electrons. The number of hydrogen-bond donors (Lipinski definition) is 1. The number of carbonyl (C=O) groups is 1. The number of nitro benzene ring substituents is 1. The van der Waals surface area contributed by atoms with E-state index in [1.165, 1.54) is 26.2 Å². The molecular formula is C11H12BrNO6. The number of nitrogens with zero attached hydrogens (tertiary/aromatic N) is 1. The molecule has 0 aliphatic heterocycles. The van der Waals surface area contributed by atoms with E-state index >= 15 is 0 Å². The van der Waals surface area contributed by atoms with Crippen molar-refractivity contribution in [1.29, 1.82) is 0 Å². The smallest absolute Gasteiger partial charge is 0.343 e. The van der Waals surface area contributed by atoms with Crippen LogP contribution in [0.3, 0.4) is 0 Å². The summed E-state index contributed by atoms with van der Waals surface area (Å²) in [4.78, 5) is 21.3. The van der Waals surface area contributed by atoms with Crippen LogP contribution in [0, 0.1) is 10.1 Å². The van der Waals surface area contributed by atoms with Crippen LogP contribution in [-0.2, 0) is 9.53 Å². The maximum absolute atomic E-state index is 11.0. The number of rotatable bonds is 5. The fourth-order valence-corrected chi connectivity index (χ4v) is 1.86. The van der Waals surface area contributed by atoms with Crippen LogP contribution >= 0.6 is 15.9 Å². The molecule has 19 heavy (non-hydrogen) atoms. The van der Waals surface area contributed by atoms with E-state index < -0.39 is 23.6 Å². The molecule has 1 rings (SSSR count). The highest BCUT2D eigenvalue weighted by Gasteiger charge is 2.24. The van der Waals surface area contributed by atoms with Gasteiger partial charge < -0.3 is 14.6 Å². The second-order valence-corrected chi connectivity index (χ2v) is 4.56. The maximum Gasteiger partial charge on any atom is 0.343 e. The summed E-state index contributed by atoms with van der Waals surface area (Å²) in [7, 11) is 1.18. The number of hydrogen-bond acceptors (Lipinski definition) is 6. The van der Waals surface area contributed by atoms with Gasteiger partial charge in [0.25, 0.3) is 0 Å². The van der Waals surface area contributed by atoms with Crippen molar-refractivity contribution >= 4 is 27.6 Å². The summed E-state index contributed by atoms with van der Waals surface area (Å²) in [6.45, 7) is 0.967. The predicted octanol–water partition coefficient (Wildman–Crippen LogP) is 1.96. The van der Waals surface area contributed by atoms with Crippen LogP contribution in [-0.4, -0.2) is 29.7 Å². The molecule has 0 spiro atoms. The van der Waals surface area contributed by atoms with Crippen molar-refractivity contribution in [2.24, 2.45) is 0 Å². The van der Waals surface area contributed by atoms with Crippen LogP contribution in [0.5, 0.6) is 5.75 Å². The van der Waals surface area contributed by atoms with Crippen molar-refractivity contribution in [3.63, 3.8) is 0 Å². The SMILES string of the molecule is COC(=O)COc1c([C@@H](C)O)cc(Br)cc1[N+](=O)[O-]. The molecule has 0 amide bonds. The highest BCUT2D eigenvalue weighted by atomic mass is 79.9. The second-order valence-electron chi connectivity index (χ2n) is 3.64. The van der Waals surface area contributed by atoms with E-state index in [0.29, 0.717) is 4.47 Å². The number of methoxy groups -OCH3 is 1. The van der Waals surface area contributed by atoms with Gasteiger partial charge in [0.05, 0.1) is 18.1 Å². The molecule has 0 unspecified atom stereocenters. The van der Waals surface area contributed by atoms with E-state index in [4.69, 9.17) is 4.74 Å². The molecule has 0 saturated heterocycles. The Balaban J connectivity index is 3.23. The Bertz CT molecular complexity index is 502. The van der Waals surface area contributed by atoms with Gasteiger partial charge in [0.15, 0.2) is 6.61 Å². The largest absolute Gasteiger partial charge is 0.475 e. The minimum absolute atomic E-state index is 0.145. The van der Waals surface area contributed by atoms with Crippen molar-refractivity contribution in [2.45, 2.75) is 13.0 Å². The average molecular weight is 334 g/mol. The van der Waals surface area contributed by atoms with Crippen LogP contribution in [0.4, 0.5) is 5.69 Å². The van der Waals surface area contributed by atoms with Crippen molar-refractivity contribution < 1.29 is 24.3 Å². The second kappa shape index (κ2) is 6.48. The zero-order chi connectivity index (χ0) is 14.6. The maximum atomic E-state index is 11.0. The number of ether oxygens (including phenoxy) is 2. The molecule has 0 saturated carbocycles. The van der Waals surface area contributed by atoms with Gasteiger partial charge in [-0.25, -0.2) is 4.79 Å². The number of aliphatic hydroxyl groups is 1. The quantitative estimate of drug-likeness (QED) is 0.502. The summed E-state index contributed by atoms with van der Waals surface area (Å²) in [5.74, 6) is -0.817. The fraction of sp³-hybridized carbons (Fsp3) is 0.364. The zero-order valence-electron chi connectivity index (χ0n) is 10.3. The number of benzene rings is 1. The monoisotopic (exact) mass is 333 g/mol. The lowest BCUT2D eigenvalue weighted by molar-refractivity contribution is -0.386. The minimum atomic E-state index is -0.983. The highest BCUT2D eigenvalue weighted by molar-refractivity contribution is 9.10. The van der Waals surface area contributed by atoms with E-state index in [1.807, 2.05) is 0 Å². The van der Waals surface area contributed by atoms with Gasteiger partial charge in [-0.1, -0.05) is 15.9 Å². The first-order chi connectivity index (χ1) is 8.86. The van der Waals surface area contributed by atoms with Crippen LogP contribution in [0.25, 0.3) is 0 Å². The molecule has 1 atom stereocenters. The van der Waals surface area contributed by atoms with Crippen molar-refractivity contribution in [2.75, 3.05) is 13.7 Å². The molecule has 8 heteroatoms. The lowest BCUT2D eigenvalue weighted by atomic mass is 10.1. The normalized spacial score (nSPS) is 11.8. The molecule has 0 bridgehead atoms. The Labute approximate surface area is 117 Å². The number of carbonyl (C=O) groups excluding carboxylic acids is 1. The van der Waals surface area contributed by atoms with Crippen LogP contribution in [0.1, 0.15) is 18.6 Å². The van der Waals surface area contributed by atoms with E-state index in [0.717, 1.165) is 0 Å². The van der Waals surface area contributed by atoms with Gasteiger partial charge >= 0.3 is 11.7 Å². The zero-order valence-corrected chi connectivity index (χ0v) is 11.8. The summed E-state index contributed by atoms with van der Waals surface area (Å²) < 4.78 is 9.92. The average Bonchev–Trinajstić information content (AvgIpc) is 2.35. The van der Waals surface area contributed by atoms with E-state index in [2.05, 4.69) is 20.7 Å². The van der Waals surface area contributed by atoms with Gasteiger partial charge in [-0.05, 0) is 13.0 Å². The number of esters is 1. The molecule has 1 N–H and O–H groups in total. The predicted molar refractivity (Wildman–Crippen MR) is 68.9 cm³/mol. The molecule has 0 heterocycles. The number of halogens is 1. The molecule has 0 aromatic heterocycles. The van der Waals surface area contributed by atoms with Gasteiger partial charge in [-0.15, -0.1) is 0 Å². The third kappa shape index (κ3) is 3.90. The lowest BCUT2D eigenvalue weighted by Crippen LogP contribution is -2.14. The summed E-state index contributed by atoms with van der Waals surface area (Å²) in [5, 5.41) is 20.6. The third-order valence-electron chi connectivity index (χ3n) is 2.27. The van der Waals surface area contributed by atoms with Gasteiger partial charge in [0, 0.05) is 16.1 Å². The molecule has 104 valence electrons. The van der Waals surface area contributed by atoms with E-state index in [9.17, 15) is 20.0 Å². The van der Waals surface area contributed by atoms with E-state index in [1.54, 1.807) is 0 Å². The molecule has 7 nitrogen and oxygen atoms in total. The number of aliphatic hydroxyl groups excluding tert-OH is 1. The standard InChI is InChI=1S/C11H12BrNO6/c1-6(14)8-3-7(12)4-9(13(16)17)11(8)19-5-10(15)18-2/h3-4,6,14H,5H2,1-2H3/t6-/m1/s1. The molecule has 1 aromatic rings. The highest BCUT2D eigenvalue weighted by Crippen LogP contribution is 2.37. The van der Waals surface area contributed by atoms with Gasteiger partial charge in [0.2, 0.25) is 5.75 Å². The summed E-state index contributed by atoms with van der Waals surface area (Å²) in [5.41, 5.74) is -0.126. The fourth-order valence-electron chi connectivity index (χ4n) is 1.39. The number of nitro groups is 1. The van der Waals surface area contributed by atoms with Crippen molar-refractivity contribution in [3.8, 4) is 5.75 Å². The van der Waals surface area contributed by atoms with Crippen molar-refractivity contribution in [1.82, 2.24) is 0 Å². The third-order valence-corrected chi connectivity index (χ3v) is 2.73. The summed E-state index contributed by atoms with van der Waals surface area (Å²) >= 11 is 3.11. The molecule has 0 fully saturated rings. The van der Waals surface area contributed by atoms with E-state index in [-0.39, 0.29) is 17.0 Å². The Morgan fingerprint density at radius 2 is 2.21 bits per heavy atom. The Hall–Kier alpha value is -1.67. The summed E-state index contributed by atoms with van der Waals surface area (Å²) in [6.07, 6.45) is -0.983. The van der Waals surface area contributed by atoms with Crippen LogP contribution in [0.15, 0.2) is 16.6 Å². The molecule has 0 aliphatic carbocycles. The lowest BCUT2D eigenvalue weighted by Gasteiger charge is -2.13.